The van der Waals surface area contributed by atoms with E-state index in [4.69, 9.17) is 23.2 Å². The molecule has 0 saturated carbocycles. The number of hydrogen-bond donors (Lipinski definition) is 2. The lowest BCUT2D eigenvalue weighted by Gasteiger charge is -2.05. The zero-order chi connectivity index (χ0) is 18.0. The fourth-order valence-corrected chi connectivity index (χ4v) is 4.71. The van der Waals surface area contributed by atoms with E-state index in [-0.39, 0.29) is 17.3 Å². The third kappa shape index (κ3) is 4.50. The number of carbonyl (C=O) groups is 1. The average molecular weight is 419 g/mol. The zero-order valence-corrected chi connectivity index (χ0v) is 15.7. The van der Waals surface area contributed by atoms with Gasteiger partial charge < -0.3 is 9.72 Å². The fraction of sp³-hybridized carbons (Fsp3) is 0.143. The molecule has 11 heteroatoms. The van der Waals surface area contributed by atoms with Crippen molar-refractivity contribution in [3.63, 3.8) is 0 Å². The summed E-state index contributed by atoms with van der Waals surface area (Å²) in [5.74, 6) is -0.471. The number of nitrogens with zero attached hydrogens (tertiary/aromatic N) is 2. The number of hydrogen-bond acceptors (Lipinski definition) is 5. The molecule has 0 saturated heterocycles. The second-order valence-corrected chi connectivity index (χ2v) is 9.15. The van der Waals surface area contributed by atoms with Crippen molar-refractivity contribution in [2.24, 2.45) is 0 Å². The highest BCUT2D eigenvalue weighted by Gasteiger charge is 2.17. The molecule has 0 unspecified atom stereocenters. The van der Waals surface area contributed by atoms with Crippen molar-refractivity contribution >= 4 is 56.1 Å². The molecule has 0 atom stereocenters. The number of aromatic nitrogens is 2. The highest BCUT2D eigenvalue weighted by molar-refractivity contribution is 7.91. The molecule has 0 aliphatic carbocycles. The van der Waals surface area contributed by atoms with E-state index < -0.39 is 15.9 Å². The summed E-state index contributed by atoms with van der Waals surface area (Å²) >= 11 is 12.5. The van der Waals surface area contributed by atoms with Gasteiger partial charge in [0.1, 0.15) is 9.86 Å². The minimum atomic E-state index is -3.75. The molecule has 1 amide bonds. The van der Waals surface area contributed by atoms with E-state index in [1.54, 1.807) is 28.9 Å². The van der Waals surface area contributed by atoms with E-state index in [0.29, 0.717) is 20.7 Å². The molecule has 0 fully saturated rings. The Hall–Kier alpha value is -1.65. The van der Waals surface area contributed by atoms with Crippen molar-refractivity contribution in [2.75, 3.05) is 6.54 Å². The predicted molar refractivity (Wildman–Crippen MR) is 96.6 cm³/mol. The molecule has 3 aromatic rings. The van der Waals surface area contributed by atoms with Crippen molar-refractivity contribution in [2.45, 2.75) is 10.8 Å². The van der Waals surface area contributed by atoms with Crippen LogP contribution in [0.2, 0.25) is 9.36 Å². The summed E-state index contributed by atoms with van der Waals surface area (Å²) in [6.07, 6.45) is 3.44. The van der Waals surface area contributed by atoms with Crippen molar-refractivity contribution in [3.8, 4) is 0 Å². The summed E-state index contributed by atoms with van der Waals surface area (Å²) in [5.41, 5.74) is 1.33. The maximum atomic E-state index is 12.0. The Morgan fingerprint density at radius 1 is 1.20 bits per heavy atom. The molecule has 132 valence electrons. The number of fused-ring (bicyclic) bond motifs is 1. The number of sulfonamides is 1. The first-order valence-electron chi connectivity index (χ1n) is 6.98. The molecule has 3 heterocycles. The molecule has 0 spiro atoms. The Morgan fingerprint density at radius 3 is 2.72 bits per heavy atom. The second kappa shape index (κ2) is 7.30. The maximum absolute atomic E-state index is 12.0. The van der Waals surface area contributed by atoms with Crippen molar-refractivity contribution < 1.29 is 13.2 Å². The smallest absolute Gasteiger partial charge is 0.250 e. The summed E-state index contributed by atoms with van der Waals surface area (Å²) in [7, 11) is -3.75. The molecule has 3 rings (SSSR count). The molecular weight excluding hydrogens is 407 g/mol. The number of imidazole rings is 1. The van der Waals surface area contributed by atoms with Gasteiger partial charge in [-0.1, -0.05) is 23.2 Å². The molecule has 0 aliphatic rings. The van der Waals surface area contributed by atoms with Crippen LogP contribution in [0.4, 0.5) is 0 Å². The number of rotatable bonds is 6. The molecular formula is C14H12Cl2N4O3S2. The molecule has 0 aromatic carbocycles. The second-order valence-electron chi connectivity index (χ2n) is 5.00. The van der Waals surface area contributed by atoms with Crippen LogP contribution in [-0.2, 0) is 21.4 Å². The van der Waals surface area contributed by atoms with Crippen LogP contribution in [0.15, 0.2) is 40.9 Å². The van der Waals surface area contributed by atoms with Gasteiger partial charge in [-0.3, -0.25) is 4.79 Å². The highest BCUT2D eigenvalue weighted by atomic mass is 35.5. The van der Waals surface area contributed by atoms with Gasteiger partial charge in [0.25, 0.3) is 10.0 Å². The van der Waals surface area contributed by atoms with E-state index in [2.05, 4.69) is 15.0 Å². The Morgan fingerprint density at radius 2 is 2.00 bits per heavy atom. The van der Waals surface area contributed by atoms with Crippen molar-refractivity contribution in [1.82, 2.24) is 19.4 Å². The first kappa shape index (κ1) is 18.2. The molecule has 2 N–H and O–H groups in total. The van der Waals surface area contributed by atoms with Gasteiger partial charge >= 0.3 is 0 Å². The Balaban J connectivity index is 1.55. The lowest BCUT2D eigenvalue weighted by atomic mass is 10.4. The third-order valence-corrected chi connectivity index (χ3v) is 6.52. The van der Waals surface area contributed by atoms with Crippen LogP contribution in [-0.4, -0.2) is 30.3 Å². The van der Waals surface area contributed by atoms with Gasteiger partial charge in [-0.25, -0.2) is 18.1 Å². The zero-order valence-electron chi connectivity index (χ0n) is 12.6. The van der Waals surface area contributed by atoms with Crippen LogP contribution in [0.1, 0.15) is 5.69 Å². The molecule has 0 aliphatic heterocycles. The molecule has 3 aromatic heterocycles. The number of halogens is 2. The SMILES string of the molecule is O=C(CNS(=O)(=O)c1ccc(Cl)s1)NCc1cn2cc(Cl)ccc2n1. The van der Waals surface area contributed by atoms with Gasteiger partial charge in [0.15, 0.2) is 0 Å². The third-order valence-electron chi connectivity index (χ3n) is 3.17. The minimum absolute atomic E-state index is 0.0579. The van der Waals surface area contributed by atoms with Gasteiger partial charge in [-0.05, 0) is 24.3 Å². The van der Waals surface area contributed by atoms with Crippen LogP contribution < -0.4 is 10.0 Å². The van der Waals surface area contributed by atoms with Crippen LogP contribution in [0.3, 0.4) is 0 Å². The Bertz CT molecular complexity index is 1030. The van der Waals surface area contributed by atoms with E-state index in [1.807, 2.05) is 0 Å². The Kier molecular flexibility index (Phi) is 5.30. The van der Waals surface area contributed by atoms with Crippen LogP contribution in [0.5, 0.6) is 0 Å². The number of carbonyl (C=O) groups excluding carboxylic acids is 1. The van der Waals surface area contributed by atoms with Crippen molar-refractivity contribution in [1.29, 1.82) is 0 Å². The monoisotopic (exact) mass is 418 g/mol. The largest absolute Gasteiger partial charge is 0.349 e. The van der Waals surface area contributed by atoms with Gasteiger partial charge in [-0.2, -0.15) is 0 Å². The summed E-state index contributed by atoms with van der Waals surface area (Å²) in [4.78, 5) is 16.2. The molecule has 7 nitrogen and oxygen atoms in total. The van der Waals surface area contributed by atoms with E-state index in [9.17, 15) is 13.2 Å². The van der Waals surface area contributed by atoms with Crippen LogP contribution in [0.25, 0.3) is 5.65 Å². The summed E-state index contributed by atoms with van der Waals surface area (Å²) < 4.78 is 28.4. The first-order valence-corrected chi connectivity index (χ1v) is 10.0. The minimum Gasteiger partial charge on any atom is -0.349 e. The van der Waals surface area contributed by atoms with Gasteiger partial charge in [0.2, 0.25) is 5.91 Å². The lowest BCUT2D eigenvalue weighted by molar-refractivity contribution is -0.120. The highest BCUT2D eigenvalue weighted by Crippen LogP contribution is 2.25. The van der Waals surface area contributed by atoms with Crippen LogP contribution in [0, 0.1) is 0 Å². The standard InChI is InChI=1S/C14H12Cl2N4O3S2/c15-9-1-3-12-19-10(8-20(12)7-9)5-17-13(21)6-18-25(22,23)14-4-2-11(16)24-14/h1-4,7-8,18H,5-6H2,(H,17,21). The number of pyridine rings is 1. The molecule has 0 bridgehead atoms. The van der Waals surface area contributed by atoms with Gasteiger partial charge in [-0.15, -0.1) is 11.3 Å². The fourth-order valence-electron chi connectivity index (χ4n) is 2.03. The molecule has 0 radical (unpaired) electrons. The number of thiophene rings is 1. The quantitative estimate of drug-likeness (QED) is 0.641. The lowest BCUT2D eigenvalue weighted by Crippen LogP contribution is -2.36. The number of nitrogens with one attached hydrogen (secondary N) is 2. The molecule has 25 heavy (non-hydrogen) atoms. The maximum Gasteiger partial charge on any atom is 0.250 e. The Labute approximate surface area is 157 Å². The van der Waals surface area contributed by atoms with Gasteiger partial charge in [0, 0.05) is 12.4 Å². The summed E-state index contributed by atoms with van der Waals surface area (Å²) in [5, 5.41) is 3.18. The first-order chi connectivity index (χ1) is 11.8. The topological polar surface area (TPSA) is 92.6 Å². The summed E-state index contributed by atoms with van der Waals surface area (Å²) in [6.45, 7) is -0.207. The van der Waals surface area contributed by atoms with E-state index >= 15 is 0 Å². The van der Waals surface area contributed by atoms with Gasteiger partial charge in [0.05, 0.1) is 28.1 Å². The normalized spacial score (nSPS) is 11.8. The van der Waals surface area contributed by atoms with E-state index in [1.165, 1.54) is 12.1 Å². The average Bonchev–Trinajstić information content (AvgIpc) is 3.17. The number of amides is 1. The van der Waals surface area contributed by atoms with Crippen LogP contribution >= 0.6 is 34.5 Å². The summed E-state index contributed by atoms with van der Waals surface area (Å²) in [6, 6.07) is 6.34. The van der Waals surface area contributed by atoms with E-state index in [0.717, 1.165) is 11.3 Å². The van der Waals surface area contributed by atoms with Crippen molar-refractivity contribution in [3.05, 3.63) is 51.7 Å². The predicted octanol–water partition coefficient (Wildman–Crippen LogP) is 2.30.